The summed E-state index contributed by atoms with van der Waals surface area (Å²) >= 11 is 5.83. The van der Waals surface area contributed by atoms with Gasteiger partial charge in [0.25, 0.3) is 0 Å². The van der Waals surface area contributed by atoms with Crippen LogP contribution in [-0.4, -0.2) is 45.7 Å². The Kier molecular flexibility index (Phi) is 5.24. The van der Waals surface area contributed by atoms with Crippen molar-refractivity contribution in [3.05, 3.63) is 29.3 Å². The molecule has 0 aliphatic rings. The first-order chi connectivity index (χ1) is 10.1. The number of likely N-dealkylation sites (N-methyl/N-ethyl adjacent to an activating group) is 1. The number of hydrogen-bond donors (Lipinski definition) is 2. The number of tetrazole rings is 1. The van der Waals surface area contributed by atoms with Gasteiger partial charge in [-0.15, -0.1) is 10.2 Å². The second kappa shape index (κ2) is 7.14. The third-order valence-corrected chi connectivity index (χ3v) is 3.19. The molecule has 1 amide bonds. The van der Waals surface area contributed by atoms with Gasteiger partial charge in [-0.3, -0.25) is 4.79 Å². The monoisotopic (exact) mass is 308 g/mol. The third kappa shape index (κ3) is 4.51. The summed E-state index contributed by atoms with van der Waals surface area (Å²) in [5.41, 5.74) is 0.801. The molecule has 0 saturated heterocycles. The van der Waals surface area contributed by atoms with E-state index >= 15 is 0 Å². The fourth-order valence-corrected chi connectivity index (χ4v) is 1.70. The van der Waals surface area contributed by atoms with E-state index in [0.717, 1.165) is 5.56 Å². The van der Waals surface area contributed by atoms with Crippen LogP contribution in [-0.2, 0) is 11.3 Å². The lowest BCUT2D eigenvalue weighted by Gasteiger charge is -2.10. The largest absolute Gasteiger partial charge is 0.353 e. The highest BCUT2D eigenvalue weighted by Crippen LogP contribution is 2.16. The Morgan fingerprint density at radius 1 is 1.38 bits per heavy atom. The third-order valence-electron chi connectivity index (χ3n) is 2.94. The van der Waals surface area contributed by atoms with Gasteiger partial charge in [-0.2, -0.15) is 4.80 Å². The number of halogens is 1. The summed E-state index contributed by atoms with van der Waals surface area (Å²) in [7, 11) is 1.84. The molecule has 112 valence electrons. The molecule has 0 aliphatic carbocycles. The molecular weight excluding hydrogens is 292 g/mol. The first-order valence-corrected chi connectivity index (χ1v) is 6.94. The van der Waals surface area contributed by atoms with Crippen LogP contribution in [0.25, 0.3) is 11.4 Å². The zero-order chi connectivity index (χ0) is 15.2. The zero-order valence-electron chi connectivity index (χ0n) is 11.9. The normalized spacial score (nSPS) is 12.1. The van der Waals surface area contributed by atoms with E-state index in [4.69, 9.17) is 11.6 Å². The molecule has 1 heterocycles. The minimum atomic E-state index is -0.155. The molecule has 1 unspecified atom stereocenters. The van der Waals surface area contributed by atoms with Crippen molar-refractivity contribution < 1.29 is 4.79 Å². The van der Waals surface area contributed by atoms with Crippen LogP contribution in [0.1, 0.15) is 6.92 Å². The van der Waals surface area contributed by atoms with Crippen molar-refractivity contribution in [1.82, 2.24) is 30.8 Å². The van der Waals surface area contributed by atoms with E-state index in [-0.39, 0.29) is 18.5 Å². The van der Waals surface area contributed by atoms with Gasteiger partial charge >= 0.3 is 0 Å². The molecule has 0 aliphatic heterocycles. The number of benzene rings is 1. The number of rotatable bonds is 6. The molecule has 1 aromatic carbocycles. The smallest absolute Gasteiger partial charge is 0.243 e. The molecule has 0 fully saturated rings. The predicted octanol–water partition coefficient (Wildman–Crippen LogP) is 0.718. The molecule has 0 bridgehead atoms. The van der Waals surface area contributed by atoms with Gasteiger partial charge in [-0.25, -0.2) is 0 Å². The fourth-order valence-electron chi connectivity index (χ4n) is 1.58. The summed E-state index contributed by atoms with van der Waals surface area (Å²) in [5.74, 6) is 0.306. The van der Waals surface area contributed by atoms with Gasteiger partial charge in [0.1, 0.15) is 6.54 Å². The van der Waals surface area contributed by atoms with Crippen molar-refractivity contribution in [3.8, 4) is 11.4 Å². The number of hydrogen-bond acceptors (Lipinski definition) is 5. The quantitative estimate of drug-likeness (QED) is 0.821. The standard InChI is InChI=1S/C13H17ClN6O/c1-9(15-2)7-16-12(21)8-20-18-13(17-19-20)10-3-5-11(14)6-4-10/h3-6,9,15H,7-8H2,1-2H3,(H,16,21). The van der Waals surface area contributed by atoms with Gasteiger partial charge in [-0.1, -0.05) is 11.6 Å². The van der Waals surface area contributed by atoms with Crippen molar-refractivity contribution in [2.45, 2.75) is 19.5 Å². The van der Waals surface area contributed by atoms with E-state index in [1.807, 2.05) is 14.0 Å². The Morgan fingerprint density at radius 2 is 2.10 bits per heavy atom. The molecule has 1 atom stereocenters. The minimum absolute atomic E-state index is 0.0387. The zero-order valence-corrected chi connectivity index (χ0v) is 12.6. The number of aromatic nitrogens is 4. The fraction of sp³-hybridized carbons (Fsp3) is 0.385. The summed E-state index contributed by atoms with van der Waals surface area (Å²) in [5, 5.41) is 18.4. The van der Waals surface area contributed by atoms with Crippen molar-refractivity contribution in [3.63, 3.8) is 0 Å². The van der Waals surface area contributed by atoms with E-state index in [1.54, 1.807) is 24.3 Å². The Hall–Kier alpha value is -1.99. The highest BCUT2D eigenvalue weighted by atomic mass is 35.5. The molecule has 8 heteroatoms. The summed E-state index contributed by atoms with van der Waals surface area (Å²) in [6, 6.07) is 7.33. The van der Waals surface area contributed by atoms with E-state index in [2.05, 4.69) is 26.0 Å². The second-order valence-corrected chi connectivity index (χ2v) is 5.08. The lowest BCUT2D eigenvalue weighted by Crippen LogP contribution is -2.38. The number of nitrogens with zero attached hydrogens (tertiary/aromatic N) is 4. The van der Waals surface area contributed by atoms with Gasteiger partial charge < -0.3 is 10.6 Å². The van der Waals surface area contributed by atoms with Crippen molar-refractivity contribution in [2.24, 2.45) is 0 Å². The van der Waals surface area contributed by atoms with E-state index in [9.17, 15) is 4.79 Å². The van der Waals surface area contributed by atoms with Gasteiger partial charge in [-0.05, 0) is 43.5 Å². The molecule has 0 saturated carbocycles. The Labute approximate surface area is 127 Å². The van der Waals surface area contributed by atoms with Crippen molar-refractivity contribution in [1.29, 1.82) is 0 Å². The maximum atomic E-state index is 11.7. The Morgan fingerprint density at radius 3 is 2.76 bits per heavy atom. The number of carbonyl (C=O) groups excluding carboxylic acids is 1. The van der Waals surface area contributed by atoms with Crippen LogP contribution in [0.2, 0.25) is 5.02 Å². The van der Waals surface area contributed by atoms with Crippen molar-refractivity contribution >= 4 is 17.5 Å². The average molecular weight is 309 g/mol. The summed E-state index contributed by atoms with van der Waals surface area (Å²) in [6.45, 7) is 2.57. The first kappa shape index (κ1) is 15.4. The highest BCUT2D eigenvalue weighted by Gasteiger charge is 2.09. The average Bonchev–Trinajstić information content (AvgIpc) is 2.94. The van der Waals surface area contributed by atoms with Gasteiger partial charge in [0, 0.05) is 23.2 Å². The highest BCUT2D eigenvalue weighted by molar-refractivity contribution is 6.30. The number of amides is 1. The molecule has 0 spiro atoms. The van der Waals surface area contributed by atoms with Gasteiger partial charge in [0.15, 0.2) is 0 Å². The van der Waals surface area contributed by atoms with Gasteiger partial charge in [0.05, 0.1) is 0 Å². The topological polar surface area (TPSA) is 84.7 Å². The maximum Gasteiger partial charge on any atom is 0.243 e. The summed E-state index contributed by atoms with van der Waals surface area (Å²) in [6.07, 6.45) is 0. The molecule has 2 aromatic rings. The molecule has 21 heavy (non-hydrogen) atoms. The van der Waals surface area contributed by atoms with Crippen molar-refractivity contribution in [2.75, 3.05) is 13.6 Å². The second-order valence-electron chi connectivity index (χ2n) is 4.64. The molecule has 2 N–H and O–H groups in total. The first-order valence-electron chi connectivity index (χ1n) is 6.56. The van der Waals surface area contributed by atoms with Gasteiger partial charge in [0.2, 0.25) is 11.7 Å². The van der Waals surface area contributed by atoms with Crippen LogP contribution >= 0.6 is 11.6 Å². The molecule has 7 nitrogen and oxygen atoms in total. The van der Waals surface area contributed by atoms with Crippen LogP contribution in [0.3, 0.4) is 0 Å². The summed E-state index contributed by atoms with van der Waals surface area (Å²) in [4.78, 5) is 13.0. The summed E-state index contributed by atoms with van der Waals surface area (Å²) < 4.78 is 0. The number of carbonyl (C=O) groups is 1. The predicted molar refractivity (Wildman–Crippen MR) is 79.8 cm³/mol. The SMILES string of the molecule is CNC(C)CNC(=O)Cn1nnc(-c2ccc(Cl)cc2)n1. The lowest BCUT2D eigenvalue weighted by molar-refractivity contribution is -0.122. The molecular formula is C13H17ClN6O. The van der Waals surface area contributed by atoms with Crippen LogP contribution in [0.4, 0.5) is 0 Å². The molecule has 0 radical (unpaired) electrons. The van der Waals surface area contributed by atoms with E-state index in [0.29, 0.717) is 17.4 Å². The van der Waals surface area contributed by atoms with Crippen LogP contribution in [0.5, 0.6) is 0 Å². The van der Waals surface area contributed by atoms with E-state index < -0.39 is 0 Å². The Bertz CT molecular complexity index is 597. The molecule has 1 aromatic heterocycles. The number of nitrogens with one attached hydrogen (secondary N) is 2. The van der Waals surface area contributed by atoms with Crippen LogP contribution in [0.15, 0.2) is 24.3 Å². The minimum Gasteiger partial charge on any atom is -0.353 e. The van der Waals surface area contributed by atoms with E-state index in [1.165, 1.54) is 4.80 Å². The molecule has 2 rings (SSSR count). The maximum absolute atomic E-state index is 11.7. The van der Waals surface area contributed by atoms with Crippen LogP contribution < -0.4 is 10.6 Å². The lowest BCUT2D eigenvalue weighted by atomic mass is 10.2. The van der Waals surface area contributed by atoms with Crippen LogP contribution in [0, 0.1) is 0 Å². The Balaban J connectivity index is 1.94.